The van der Waals surface area contributed by atoms with Gasteiger partial charge < -0.3 is 9.47 Å². The molecule has 0 aliphatic heterocycles. The van der Waals surface area contributed by atoms with E-state index >= 15 is 0 Å². The molecular weight excluding hydrogens is 362 g/mol. The number of fused-ring (bicyclic) bond motifs is 3. The predicted octanol–water partition coefficient (Wildman–Crippen LogP) is 1.55. The summed E-state index contributed by atoms with van der Waals surface area (Å²) < 4.78 is 11.9. The lowest BCUT2D eigenvalue weighted by Gasteiger charge is -2.25. The highest BCUT2D eigenvalue weighted by Crippen LogP contribution is 2.38. The molecule has 0 spiro atoms. The number of hydrogen-bond acceptors (Lipinski definition) is 6. The van der Waals surface area contributed by atoms with Crippen LogP contribution in [0.3, 0.4) is 0 Å². The number of pyridine rings is 1. The Labute approximate surface area is 159 Å². The van der Waals surface area contributed by atoms with E-state index in [1.165, 1.54) is 17.8 Å². The number of rotatable bonds is 3. The molecule has 0 amide bonds. The van der Waals surface area contributed by atoms with Gasteiger partial charge in [-0.3, -0.25) is 19.1 Å². The molecule has 1 atom stereocenters. The summed E-state index contributed by atoms with van der Waals surface area (Å²) in [5, 5.41) is 0.290. The first-order chi connectivity index (χ1) is 13.4. The van der Waals surface area contributed by atoms with Crippen molar-refractivity contribution in [2.24, 2.45) is 7.05 Å². The van der Waals surface area contributed by atoms with E-state index in [0.717, 1.165) is 5.56 Å². The molecule has 8 heteroatoms. The van der Waals surface area contributed by atoms with Crippen LogP contribution < -0.4 is 20.7 Å². The van der Waals surface area contributed by atoms with Crippen molar-refractivity contribution in [3.63, 3.8) is 0 Å². The van der Waals surface area contributed by atoms with Gasteiger partial charge in [-0.1, -0.05) is 6.07 Å². The summed E-state index contributed by atoms with van der Waals surface area (Å²) in [7, 11) is 4.66. The normalized spacial score (nSPS) is 16.1. The predicted molar refractivity (Wildman–Crippen MR) is 103 cm³/mol. The quantitative estimate of drug-likeness (QED) is 0.738. The second-order valence-electron chi connectivity index (χ2n) is 6.81. The van der Waals surface area contributed by atoms with Gasteiger partial charge in [-0.2, -0.15) is 0 Å². The fraction of sp³-hybridized carbons (Fsp3) is 0.300. The van der Waals surface area contributed by atoms with Crippen molar-refractivity contribution < 1.29 is 14.3 Å². The third-order valence-corrected chi connectivity index (χ3v) is 5.30. The topological polar surface area (TPSA) is 103 Å². The van der Waals surface area contributed by atoms with Gasteiger partial charge >= 0.3 is 5.69 Å². The van der Waals surface area contributed by atoms with Crippen LogP contribution in [0, 0.1) is 0 Å². The molecule has 28 heavy (non-hydrogen) atoms. The van der Waals surface area contributed by atoms with Crippen LogP contribution in [-0.2, 0) is 13.5 Å². The molecule has 0 fully saturated rings. The number of methoxy groups -OCH3 is 2. The number of ketones is 1. The van der Waals surface area contributed by atoms with Crippen molar-refractivity contribution in [3.8, 4) is 11.5 Å². The molecular formula is C20H19N3O5. The van der Waals surface area contributed by atoms with E-state index in [1.807, 2.05) is 12.1 Å². The standard InChI is InChI=1S/C20H19N3O5/c1-23-18-17(19(25)22-20(23)26)12-6-11(7-14(24)13(12)9-21-18)10-4-5-15(27-2)16(8-10)28-3/h4-5,8-9,11H,6-7H2,1-3H3,(H,22,25,26)/t11-/m0/s1. The van der Waals surface area contributed by atoms with Gasteiger partial charge in [-0.05, 0) is 35.6 Å². The van der Waals surface area contributed by atoms with E-state index in [-0.39, 0.29) is 22.7 Å². The molecule has 8 nitrogen and oxygen atoms in total. The van der Waals surface area contributed by atoms with Gasteiger partial charge in [0.1, 0.15) is 5.65 Å². The Morgan fingerprint density at radius 3 is 2.57 bits per heavy atom. The molecule has 0 radical (unpaired) electrons. The fourth-order valence-corrected chi connectivity index (χ4v) is 3.82. The van der Waals surface area contributed by atoms with Crippen LogP contribution in [0.15, 0.2) is 34.0 Å². The van der Waals surface area contributed by atoms with Gasteiger partial charge in [-0.15, -0.1) is 0 Å². The SMILES string of the molecule is COc1ccc([C@@H]2CC(=O)c3cnc4c(c3C2)c(=O)[nH]c(=O)n4C)cc1OC. The first kappa shape index (κ1) is 18.0. The summed E-state index contributed by atoms with van der Waals surface area (Å²) in [6.07, 6.45) is 2.25. The highest BCUT2D eigenvalue weighted by molar-refractivity contribution is 6.02. The van der Waals surface area contributed by atoms with Crippen LogP contribution in [0.4, 0.5) is 0 Å². The summed E-state index contributed by atoms with van der Waals surface area (Å²) in [4.78, 5) is 43.7. The van der Waals surface area contributed by atoms with Crippen LogP contribution in [0.25, 0.3) is 11.0 Å². The fourth-order valence-electron chi connectivity index (χ4n) is 3.82. The minimum atomic E-state index is -0.538. The number of nitrogens with one attached hydrogen (secondary N) is 1. The molecule has 3 aromatic rings. The Balaban J connectivity index is 1.88. The third-order valence-electron chi connectivity index (χ3n) is 5.30. The summed E-state index contributed by atoms with van der Waals surface area (Å²) in [6, 6.07) is 5.55. The highest BCUT2D eigenvalue weighted by atomic mass is 16.5. The molecule has 2 heterocycles. The Bertz CT molecular complexity index is 1220. The Morgan fingerprint density at radius 2 is 1.86 bits per heavy atom. The van der Waals surface area contributed by atoms with Gasteiger partial charge in [0.2, 0.25) is 0 Å². The van der Waals surface area contributed by atoms with Crippen molar-refractivity contribution >= 4 is 16.8 Å². The number of aromatic amines is 1. The summed E-state index contributed by atoms with van der Waals surface area (Å²) in [5.41, 5.74) is 1.19. The van der Waals surface area contributed by atoms with E-state index in [1.54, 1.807) is 20.3 Å². The minimum Gasteiger partial charge on any atom is -0.493 e. The van der Waals surface area contributed by atoms with Crippen LogP contribution in [-0.4, -0.2) is 34.5 Å². The average Bonchev–Trinajstić information content (AvgIpc) is 2.70. The van der Waals surface area contributed by atoms with Crippen LogP contribution in [0.5, 0.6) is 11.5 Å². The average molecular weight is 381 g/mol. The van der Waals surface area contributed by atoms with E-state index in [4.69, 9.17) is 9.47 Å². The second-order valence-corrected chi connectivity index (χ2v) is 6.81. The molecule has 0 unspecified atom stereocenters. The van der Waals surface area contributed by atoms with Crippen molar-refractivity contribution in [1.29, 1.82) is 0 Å². The number of benzene rings is 1. The molecule has 2 aromatic heterocycles. The van der Waals surface area contributed by atoms with E-state index < -0.39 is 11.2 Å². The summed E-state index contributed by atoms with van der Waals surface area (Å²) in [5.74, 6) is 0.985. The van der Waals surface area contributed by atoms with E-state index in [2.05, 4.69) is 9.97 Å². The second kappa shape index (κ2) is 6.63. The Kier molecular flexibility index (Phi) is 4.26. The number of carbonyl (C=O) groups is 1. The van der Waals surface area contributed by atoms with E-state index in [0.29, 0.717) is 35.5 Å². The molecule has 1 aliphatic rings. The van der Waals surface area contributed by atoms with Crippen molar-refractivity contribution in [2.75, 3.05) is 14.2 Å². The molecule has 144 valence electrons. The number of H-pyrrole nitrogens is 1. The highest BCUT2D eigenvalue weighted by Gasteiger charge is 2.30. The number of ether oxygens (including phenoxy) is 2. The van der Waals surface area contributed by atoms with Gasteiger partial charge in [0.05, 0.1) is 19.6 Å². The number of Topliss-reactive ketones (excluding diaryl/α,β-unsaturated/α-hetero) is 1. The van der Waals surface area contributed by atoms with Crippen molar-refractivity contribution in [2.45, 2.75) is 18.8 Å². The first-order valence-electron chi connectivity index (χ1n) is 8.80. The lowest BCUT2D eigenvalue weighted by atomic mass is 9.79. The first-order valence-corrected chi connectivity index (χ1v) is 8.80. The maximum atomic E-state index is 12.8. The van der Waals surface area contributed by atoms with Gasteiger partial charge in [0.15, 0.2) is 17.3 Å². The van der Waals surface area contributed by atoms with Crippen molar-refractivity contribution in [3.05, 3.63) is 61.9 Å². The summed E-state index contributed by atoms with van der Waals surface area (Å²) >= 11 is 0. The molecule has 1 aliphatic carbocycles. The minimum absolute atomic E-state index is 0.0799. The van der Waals surface area contributed by atoms with Gasteiger partial charge in [0, 0.05) is 25.2 Å². The lowest BCUT2D eigenvalue weighted by molar-refractivity contribution is 0.0964. The zero-order chi connectivity index (χ0) is 20.0. The lowest BCUT2D eigenvalue weighted by Crippen LogP contribution is -2.31. The van der Waals surface area contributed by atoms with Gasteiger partial charge in [0.25, 0.3) is 5.56 Å². The van der Waals surface area contributed by atoms with Crippen molar-refractivity contribution in [1.82, 2.24) is 14.5 Å². The van der Waals surface area contributed by atoms with Crippen LogP contribution >= 0.6 is 0 Å². The Hall–Kier alpha value is -3.42. The zero-order valence-electron chi connectivity index (χ0n) is 15.7. The number of aromatic nitrogens is 3. The molecule has 1 N–H and O–H groups in total. The zero-order valence-corrected chi connectivity index (χ0v) is 15.7. The van der Waals surface area contributed by atoms with Crippen LogP contribution in [0.1, 0.15) is 33.8 Å². The largest absolute Gasteiger partial charge is 0.493 e. The third kappa shape index (κ3) is 2.69. The molecule has 0 bridgehead atoms. The maximum Gasteiger partial charge on any atom is 0.329 e. The Morgan fingerprint density at radius 1 is 1.11 bits per heavy atom. The van der Waals surface area contributed by atoms with Gasteiger partial charge in [-0.25, -0.2) is 9.78 Å². The smallest absolute Gasteiger partial charge is 0.329 e. The monoisotopic (exact) mass is 381 g/mol. The summed E-state index contributed by atoms with van der Waals surface area (Å²) in [6.45, 7) is 0. The number of hydrogen-bond donors (Lipinski definition) is 1. The molecule has 0 saturated heterocycles. The van der Waals surface area contributed by atoms with E-state index in [9.17, 15) is 14.4 Å². The molecule has 4 rings (SSSR count). The molecule has 1 aromatic carbocycles. The van der Waals surface area contributed by atoms with Crippen LogP contribution in [0.2, 0.25) is 0 Å². The number of aryl methyl sites for hydroxylation is 1. The molecule has 0 saturated carbocycles. The number of nitrogens with zero attached hydrogens (tertiary/aromatic N) is 2. The number of carbonyl (C=O) groups excluding carboxylic acids is 1. The maximum absolute atomic E-state index is 12.8.